The molecule has 21 heavy (non-hydrogen) atoms. The van der Waals surface area contributed by atoms with E-state index in [0.29, 0.717) is 0 Å². The summed E-state index contributed by atoms with van der Waals surface area (Å²) in [7, 11) is 0. The highest BCUT2D eigenvalue weighted by Crippen LogP contribution is 2.23. The molecule has 0 saturated carbocycles. The van der Waals surface area contributed by atoms with E-state index < -0.39 is 0 Å². The predicted octanol–water partition coefficient (Wildman–Crippen LogP) is 4.63. The molecule has 1 atom stereocenters. The fraction of sp³-hybridized carbons (Fsp3) is 0.263. The van der Waals surface area contributed by atoms with Crippen molar-refractivity contribution in [1.29, 1.82) is 0 Å². The largest absolute Gasteiger partial charge is 0.459 e. The molecule has 1 unspecified atom stereocenters. The van der Waals surface area contributed by atoms with Crippen molar-refractivity contribution in [2.75, 3.05) is 6.54 Å². The van der Waals surface area contributed by atoms with Crippen LogP contribution in [0.5, 0.6) is 0 Å². The molecule has 0 bridgehead atoms. The minimum Gasteiger partial charge on any atom is -0.459 e. The third-order valence-electron chi connectivity index (χ3n) is 3.98. The van der Waals surface area contributed by atoms with Crippen LogP contribution in [0.25, 0.3) is 11.0 Å². The molecule has 0 spiro atoms. The standard InChI is InChI=1S/C19H21NO/c1-14-7-3-4-8-16(14)11-12-20-15(2)19-13-17-9-5-6-10-18(17)21-19/h3-10,13,15,20H,11-12H2,1-2H3. The molecule has 0 fully saturated rings. The Morgan fingerprint density at radius 1 is 1.05 bits per heavy atom. The molecule has 0 aliphatic heterocycles. The lowest BCUT2D eigenvalue weighted by Crippen LogP contribution is -2.21. The van der Waals surface area contributed by atoms with Crippen LogP contribution in [0, 0.1) is 6.92 Å². The highest BCUT2D eigenvalue weighted by atomic mass is 16.3. The van der Waals surface area contributed by atoms with Gasteiger partial charge in [-0.15, -0.1) is 0 Å². The number of hydrogen-bond donors (Lipinski definition) is 1. The van der Waals surface area contributed by atoms with Crippen LogP contribution in [-0.2, 0) is 6.42 Å². The maximum atomic E-state index is 5.89. The monoisotopic (exact) mass is 279 g/mol. The summed E-state index contributed by atoms with van der Waals surface area (Å²) in [6.07, 6.45) is 1.04. The molecule has 2 aromatic carbocycles. The minimum absolute atomic E-state index is 0.224. The Balaban J connectivity index is 1.61. The second-order valence-corrected chi connectivity index (χ2v) is 5.54. The van der Waals surface area contributed by atoms with Gasteiger partial charge in [0.25, 0.3) is 0 Å². The van der Waals surface area contributed by atoms with Crippen molar-refractivity contribution in [1.82, 2.24) is 5.32 Å². The summed E-state index contributed by atoms with van der Waals surface area (Å²) in [5.74, 6) is 1.00. The van der Waals surface area contributed by atoms with Gasteiger partial charge in [0.05, 0.1) is 6.04 Å². The lowest BCUT2D eigenvalue weighted by atomic mass is 10.1. The lowest BCUT2D eigenvalue weighted by molar-refractivity contribution is 0.453. The maximum Gasteiger partial charge on any atom is 0.134 e. The Kier molecular flexibility index (Phi) is 4.07. The lowest BCUT2D eigenvalue weighted by Gasteiger charge is -2.12. The summed E-state index contributed by atoms with van der Waals surface area (Å²) in [5.41, 5.74) is 3.72. The van der Waals surface area contributed by atoms with Gasteiger partial charge in [0.1, 0.15) is 11.3 Å². The zero-order valence-electron chi connectivity index (χ0n) is 12.6. The summed E-state index contributed by atoms with van der Waals surface area (Å²) < 4.78 is 5.89. The summed E-state index contributed by atoms with van der Waals surface area (Å²) in [6, 6.07) is 19.0. The number of aryl methyl sites for hydroxylation is 1. The summed E-state index contributed by atoms with van der Waals surface area (Å²) in [5, 5.41) is 4.71. The van der Waals surface area contributed by atoms with Gasteiger partial charge in [-0.05, 0) is 50.1 Å². The van der Waals surface area contributed by atoms with E-state index in [1.807, 2.05) is 18.2 Å². The molecule has 2 heteroatoms. The van der Waals surface area contributed by atoms with Crippen LogP contribution < -0.4 is 5.32 Å². The number of furan rings is 1. The fourth-order valence-corrected chi connectivity index (χ4v) is 2.63. The summed E-state index contributed by atoms with van der Waals surface area (Å²) in [4.78, 5) is 0. The average molecular weight is 279 g/mol. The Bertz CT molecular complexity index is 696. The zero-order valence-corrected chi connectivity index (χ0v) is 12.6. The summed E-state index contributed by atoms with van der Waals surface area (Å²) >= 11 is 0. The first kappa shape index (κ1) is 13.9. The first-order valence-electron chi connectivity index (χ1n) is 7.50. The van der Waals surface area contributed by atoms with Crippen molar-refractivity contribution >= 4 is 11.0 Å². The van der Waals surface area contributed by atoms with E-state index >= 15 is 0 Å². The number of benzene rings is 2. The Morgan fingerprint density at radius 2 is 1.81 bits per heavy atom. The molecule has 3 aromatic rings. The average Bonchev–Trinajstić information content (AvgIpc) is 2.93. The molecule has 0 amide bonds. The van der Waals surface area contributed by atoms with Gasteiger partial charge in [-0.25, -0.2) is 0 Å². The molecular weight excluding hydrogens is 258 g/mol. The zero-order chi connectivity index (χ0) is 14.7. The van der Waals surface area contributed by atoms with Crippen molar-refractivity contribution in [3.63, 3.8) is 0 Å². The van der Waals surface area contributed by atoms with Crippen molar-refractivity contribution in [3.8, 4) is 0 Å². The first-order valence-corrected chi connectivity index (χ1v) is 7.50. The Hall–Kier alpha value is -2.06. The number of para-hydroxylation sites is 1. The third-order valence-corrected chi connectivity index (χ3v) is 3.98. The SMILES string of the molecule is Cc1ccccc1CCNC(C)c1cc2ccccc2o1. The smallest absolute Gasteiger partial charge is 0.134 e. The van der Waals surface area contributed by atoms with Gasteiger partial charge in [0.15, 0.2) is 0 Å². The van der Waals surface area contributed by atoms with E-state index in [2.05, 4.69) is 55.6 Å². The van der Waals surface area contributed by atoms with Gasteiger partial charge in [0.2, 0.25) is 0 Å². The van der Waals surface area contributed by atoms with Crippen LogP contribution in [-0.4, -0.2) is 6.54 Å². The molecule has 0 aliphatic carbocycles. The molecule has 3 rings (SSSR count). The van der Waals surface area contributed by atoms with Crippen LogP contribution in [0.2, 0.25) is 0 Å². The molecule has 1 N–H and O–H groups in total. The molecule has 108 valence electrons. The molecule has 0 saturated heterocycles. The van der Waals surface area contributed by atoms with E-state index in [1.54, 1.807) is 0 Å². The number of rotatable bonds is 5. The second-order valence-electron chi connectivity index (χ2n) is 5.54. The van der Waals surface area contributed by atoms with Crippen molar-refractivity contribution in [2.24, 2.45) is 0 Å². The van der Waals surface area contributed by atoms with Crippen LogP contribution in [0.4, 0.5) is 0 Å². The number of hydrogen-bond acceptors (Lipinski definition) is 2. The van der Waals surface area contributed by atoms with Crippen molar-refractivity contribution < 1.29 is 4.42 Å². The van der Waals surface area contributed by atoms with E-state index in [9.17, 15) is 0 Å². The van der Waals surface area contributed by atoms with E-state index in [-0.39, 0.29) is 6.04 Å². The Morgan fingerprint density at radius 3 is 2.62 bits per heavy atom. The van der Waals surface area contributed by atoms with E-state index in [1.165, 1.54) is 16.5 Å². The van der Waals surface area contributed by atoms with Crippen molar-refractivity contribution in [2.45, 2.75) is 26.3 Å². The van der Waals surface area contributed by atoms with Crippen LogP contribution in [0.1, 0.15) is 29.9 Å². The molecular formula is C19H21NO. The second kappa shape index (κ2) is 6.15. The van der Waals surface area contributed by atoms with E-state index in [4.69, 9.17) is 4.42 Å². The van der Waals surface area contributed by atoms with Gasteiger partial charge in [0, 0.05) is 5.39 Å². The highest BCUT2D eigenvalue weighted by Gasteiger charge is 2.10. The van der Waals surface area contributed by atoms with Crippen LogP contribution in [0.15, 0.2) is 59.0 Å². The van der Waals surface area contributed by atoms with Gasteiger partial charge >= 0.3 is 0 Å². The highest BCUT2D eigenvalue weighted by molar-refractivity contribution is 5.77. The van der Waals surface area contributed by atoms with Gasteiger partial charge in [-0.1, -0.05) is 42.5 Å². The summed E-state index contributed by atoms with van der Waals surface area (Å²) in [6.45, 7) is 5.26. The van der Waals surface area contributed by atoms with Crippen LogP contribution >= 0.6 is 0 Å². The third kappa shape index (κ3) is 3.17. The molecule has 1 aromatic heterocycles. The predicted molar refractivity (Wildman–Crippen MR) is 87.5 cm³/mol. The first-order chi connectivity index (χ1) is 10.2. The van der Waals surface area contributed by atoms with E-state index in [0.717, 1.165) is 24.3 Å². The number of fused-ring (bicyclic) bond motifs is 1. The van der Waals surface area contributed by atoms with Gasteiger partial charge in [-0.3, -0.25) is 0 Å². The fourth-order valence-electron chi connectivity index (χ4n) is 2.63. The molecule has 0 aliphatic rings. The molecule has 1 heterocycles. The van der Waals surface area contributed by atoms with Crippen LogP contribution in [0.3, 0.4) is 0 Å². The maximum absolute atomic E-state index is 5.89. The van der Waals surface area contributed by atoms with Gasteiger partial charge < -0.3 is 9.73 Å². The normalized spacial score (nSPS) is 12.7. The topological polar surface area (TPSA) is 25.2 Å². The number of nitrogens with one attached hydrogen (secondary N) is 1. The molecule has 2 nitrogen and oxygen atoms in total. The molecule has 0 radical (unpaired) electrons. The quantitative estimate of drug-likeness (QED) is 0.736. The van der Waals surface area contributed by atoms with Gasteiger partial charge in [-0.2, -0.15) is 0 Å². The van der Waals surface area contributed by atoms with Crippen molar-refractivity contribution in [3.05, 3.63) is 71.5 Å². The Labute approximate surface area is 125 Å². The minimum atomic E-state index is 0.224.